The van der Waals surface area contributed by atoms with Crippen LogP contribution in [-0.2, 0) is 9.59 Å². The molecule has 0 saturated carbocycles. The summed E-state index contributed by atoms with van der Waals surface area (Å²) >= 11 is 0. The summed E-state index contributed by atoms with van der Waals surface area (Å²) < 4.78 is 0. The van der Waals surface area contributed by atoms with Crippen molar-refractivity contribution < 1.29 is 14.4 Å². The van der Waals surface area contributed by atoms with Crippen LogP contribution in [0, 0.1) is 12.8 Å². The predicted molar refractivity (Wildman–Crippen MR) is 109 cm³/mol. The second-order valence-electron chi connectivity index (χ2n) is 6.78. The largest absolute Gasteiger partial charge is 0.349 e. The Hall–Kier alpha value is -3.41. The third-order valence-corrected chi connectivity index (χ3v) is 4.65. The van der Waals surface area contributed by atoms with Gasteiger partial charge in [0.05, 0.1) is 17.2 Å². The van der Waals surface area contributed by atoms with Crippen LogP contribution in [0.25, 0.3) is 0 Å². The molecule has 2 aromatic rings. The number of carbonyl (C=O) groups is 3. The average molecular weight is 377 g/mol. The fourth-order valence-corrected chi connectivity index (χ4v) is 3.21. The maximum atomic E-state index is 12.8. The van der Waals surface area contributed by atoms with E-state index in [0.717, 1.165) is 11.3 Å². The molecular weight excluding hydrogens is 354 g/mol. The van der Waals surface area contributed by atoms with Gasteiger partial charge in [0.25, 0.3) is 5.91 Å². The van der Waals surface area contributed by atoms with E-state index in [1.165, 1.54) is 0 Å². The van der Waals surface area contributed by atoms with Gasteiger partial charge in [0.1, 0.15) is 0 Å². The van der Waals surface area contributed by atoms with E-state index in [2.05, 4.69) is 17.2 Å². The third-order valence-electron chi connectivity index (χ3n) is 4.65. The van der Waals surface area contributed by atoms with Crippen molar-refractivity contribution in [2.45, 2.75) is 13.3 Å². The summed E-state index contributed by atoms with van der Waals surface area (Å²) in [6.07, 6.45) is 1.73. The average Bonchev–Trinajstić information content (AvgIpc) is 3.08. The van der Waals surface area contributed by atoms with Crippen LogP contribution in [0.4, 0.5) is 11.4 Å². The molecule has 0 radical (unpaired) electrons. The van der Waals surface area contributed by atoms with Crippen molar-refractivity contribution >= 4 is 29.1 Å². The second-order valence-corrected chi connectivity index (χ2v) is 6.78. The zero-order valence-corrected chi connectivity index (χ0v) is 15.8. The first-order valence-corrected chi connectivity index (χ1v) is 9.15. The minimum Gasteiger partial charge on any atom is -0.349 e. The van der Waals surface area contributed by atoms with Crippen LogP contribution in [0.1, 0.15) is 22.3 Å². The molecule has 1 saturated heterocycles. The lowest BCUT2D eigenvalue weighted by Gasteiger charge is -2.17. The Morgan fingerprint density at radius 3 is 2.75 bits per heavy atom. The van der Waals surface area contributed by atoms with Gasteiger partial charge in [-0.15, -0.1) is 6.58 Å². The second kappa shape index (κ2) is 8.52. The molecule has 6 heteroatoms. The maximum absolute atomic E-state index is 12.8. The highest BCUT2D eigenvalue weighted by molar-refractivity contribution is 6.07. The minimum atomic E-state index is -0.475. The molecule has 3 amide bonds. The van der Waals surface area contributed by atoms with Crippen molar-refractivity contribution in [1.82, 2.24) is 5.32 Å². The Bertz CT molecular complexity index is 923. The molecular formula is C22H23N3O3. The monoisotopic (exact) mass is 377 g/mol. The van der Waals surface area contributed by atoms with E-state index >= 15 is 0 Å². The number of para-hydroxylation sites is 1. The summed E-state index contributed by atoms with van der Waals surface area (Å²) in [7, 11) is 0. The summed E-state index contributed by atoms with van der Waals surface area (Å²) in [6.45, 7) is 6.19. The lowest BCUT2D eigenvalue weighted by atomic mass is 10.1. The molecule has 6 nitrogen and oxygen atoms in total. The van der Waals surface area contributed by atoms with Crippen molar-refractivity contribution in [1.29, 1.82) is 0 Å². The molecule has 1 heterocycles. The van der Waals surface area contributed by atoms with E-state index in [1.807, 2.05) is 31.2 Å². The highest BCUT2D eigenvalue weighted by Gasteiger charge is 2.35. The van der Waals surface area contributed by atoms with E-state index in [1.54, 1.807) is 35.2 Å². The van der Waals surface area contributed by atoms with Gasteiger partial charge in [-0.25, -0.2) is 0 Å². The Balaban J connectivity index is 1.72. The maximum Gasteiger partial charge on any atom is 0.253 e. The van der Waals surface area contributed by atoms with Gasteiger partial charge in [0.15, 0.2) is 0 Å². The molecule has 0 bridgehead atoms. The number of anilines is 2. The first-order valence-electron chi connectivity index (χ1n) is 9.15. The van der Waals surface area contributed by atoms with Gasteiger partial charge in [-0.3, -0.25) is 14.4 Å². The number of benzene rings is 2. The topological polar surface area (TPSA) is 78.5 Å². The van der Waals surface area contributed by atoms with Crippen LogP contribution >= 0.6 is 0 Å². The molecule has 3 rings (SSSR count). The highest BCUT2D eigenvalue weighted by Crippen LogP contribution is 2.27. The Labute approximate surface area is 164 Å². The molecule has 2 aromatic carbocycles. The van der Waals surface area contributed by atoms with E-state index < -0.39 is 5.92 Å². The quantitative estimate of drug-likeness (QED) is 0.760. The Kier molecular flexibility index (Phi) is 5.89. The molecule has 1 atom stereocenters. The van der Waals surface area contributed by atoms with E-state index in [-0.39, 0.29) is 24.1 Å². The van der Waals surface area contributed by atoms with E-state index in [0.29, 0.717) is 24.3 Å². The van der Waals surface area contributed by atoms with E-state index in [9.17, 15) is 14.4 Å². The number of hydrogen-bond acceptors (Lipinski definition) is 3. The molecule has 2 N–H and O–H groups in total. The minimum absolute atomic E-state index is 0.0808. The lowest BCUT2D eigenvalue weighted by molar-refractivity contribution is -0.122. The predicted octanol–water partition coefficient (Wildman–Crippen LogP) is 2.90. The molecule has 1 aliphatic rings. The summed E-state index contributed by atoms with van der Waals surface area (Å²) in [5.74, 6) is -1.12. The summed E-state index contributed by atoms with van der Waals surface area (Å²) in [6, 6.07) is 14.5. The normalized spacial score (nSPS) is 16.0. The number of hydrogen-bond donors (Lipinski definition) is 2. The van der Waals surface area contributed by atoms with Gasteiger partial charge in [-0.1, -0.05) is 30.3 Å². The number of aryl methyl sites for hydroxylation is 1. The fraction of sp³-hybridized carbons (Fsp3) is 0.227. The molecule has 0 aliphatic carbocycles. The van der Waals surface area contributed by atoms with Crippen LogP contribution in [0.2, 0.25) is 0 Å². The number of nitrogens with zero attached hydrogens (tertiary/aromatic N) is 1. The van der Waals surface area contributed by atoms with Gasteiger partial charge >= 0.3 is 0 Å². The van der Waals surface area contributed by atoms with Gasteiger partial charge in [-0.2, -0.15) is 0 Å². The van der Waals surface area contributed by atoms with Crippen molar-refractivity contribution in [3.63, 3.8) is 0 Å². The van der Waals surface area contributed by atoms with Gasteiger partial charge in [0.2, 0.25) is 11.8 Å². The zero-order valence-electron chi connectivity index (χ0n) is 15.8. The van der Waals surface area contributed by atoms with Crippen LogP contribution in [0.3, 0.4) is 0 Å². The first kappa shape index (κ1) is 19.4. The van der Waals surface area contributed by atoms with Gasteiger partial charge in [0, 0.05) is 25.2 Å². The summed E-state index contributed by atoms with van der Waals surface area (Å²) in [5.41, 5.74) is 2.65. The number of amides is 3. The van der Waals surface area contributed by atoms with Crippen molar-refractivity contribution in [2.75, 3.05) is 23.3 Å². The highest BCUT2D eigenvalue weighted by atomic mass is 16.2. The summed E-state index contributed by atoms with van der Waals surface area (Å²) in [4.78, 5) is 39.1. The fourth-order valence-electron chi connectivity index (χ4n) is 3.21. The van der Waals surface area contributed by atoms with E-state index in [4.69, 9.17) is 0 Å². The number of nitrogens with one attached hydrogen (secondary N) is 2. The van der Waals surface area contributed by atoms with Crippen molar-refractivity contribution in [2.24, 2.45) is 5.92 Å². The SMILES string of the molecule is C=CCNC(=O)c1ccccc1NC(=O)[C@H]1CC(=O)N(c2cccc(C)c2)C1. The molecule has 0 unspecified atom stereocenters. The Morgan fingerprint density at radius 2 is 2.00 bits per heavy atom. The van der Waals surface area contributed by atoms with Crippen LogP contribution < -0.4 is 15.5 Å². The van der Waals surface area contributed by atoms with Crippen LogP contribution in [0.15, 0.2) is 61.2 Å². The molecule has 1 aliphatic heterocycles. The smallest absolute Gasteiger partial charge is 0.253 e. The van der Waals surface area contributed by atoms with Crippen molar-refractivity contribution in [3.05, 3.63) is 72.3 Å². The van der Waals surface area contributed by atoms with Crippen LogP contribution in [-0.4, -0.2) is 30.8 Å². The zero-order chi connectivity index (χ0) is 20.1. The molecule has 0 aromatic heterocycles. The lowest BCUT2D eigenvalue weighted by Crippen LogP contribution is -2.29. The first-order chi connectivity index (χ1) is 13.5. The number of carbonyl (C=O) groups excluding carboxylic acids is 3. The van der Waals surface area contributed by atoms with Crippen LogP contribution in [0.5, 0.6) is 0 Å². The van der Waals surface area contributed by atoms with Gasteiger partial charge in [-0.05, 0) is 36.8 Å². The molecule has 1 fully saturated rings. The summed E-state index contributed by atoms with van der Waals surface area (Å²) in [5, 5.41) is 5.51. The molecule has 144 valence electrons. The van der Waals surface area contributed by atoms with Crippen molar-refractivity contribution in [3.8, 4) is 0 Å². The molecule has 0 spiro atoms. The number of rotatable bonds is 6. The molecule has 28 heavy (non-hydrogen) atoms. The third kappa shape index (κ3) is 4.28. The standard InChI is InChI=1S/C22H23N3O3/c1-3-11-23-22(28)18-9-4-5-10-19(18)24-21(27)16-13-20(26)25(14-16)17-8-6-7-15(2)12-17/h3-10,12,16H,1,11,13-14H2,2H3,(H,23,28)(H,24,27)/t16-/m0/s1. The van der Waals surface area contributed by atoms with Gasteiger partial charge < -0.3 is 15.5 Å². The Morgan fingerprint density at radius 1 is 1.21 bits per heavy atom.